The van der Waals surface area contributed by atoms with Crippen LogP contribution in [-0.2, 0) is 9.53 Å². The quantitative estimate of drug-likeness (QED) is 0.514. The Bertz CT molecular complexity index is 1020. The van der Waals surface area contributed by atoms with Crippen molar-refractivity contribution in [2.45, 2.75) is 20.0 Å². The summed E-state index contributed by atoms with van der Waals surface area (Å²) in [6.45, 7) is 3.62. The zero-order valence-electron chi connectivity index (χ0n) is 17.0. The molecule has 1 N–H and O–H groups in total. The fourth-order valence-corrected chi connectivity index (χ4v) is 3.82. The highest BCUT2D eigenvalue weighted by atomic mass is 32.1. The number of hydrogen-bond acceptors (Lipinski definition) is 6. The molecule has 3 aromatic rings. The van der Waals surface area contributed by atoms with Gasteiger partial charge in [0.1, 0.15) is 10.6 Å². The summed E-state index contributed by atoms with van der Waals surface area (Å²) in [5.41, 5.74) is 1.93. The standard InChI is InChI=1S/C23H23NO5S/c1-4-28-23(26)20-17(16-10-6-5-7-11-16)14-30-22(20)24-21(25)15(2)29-19-13-9-8-12-18(19)27-3/h5-15H,4H2,1-3H3,(H,24,25). The van der Waals surface area contributed by atoms with E-state index in [4.69, 9.17) is 14.2 Å². The topological polar surface area (TPSA) is 73.9 Å². The first kappa shape index (κ1) is 21.4. The summed E-state index contributed by atoms with van der Waals surface area (Å²) in [5.74, 6) is 0.135. The van der Waals surface area contributed by atoms with Crippen LogP contribution in [0, 0.1) is 0 Å². The van der Waals surface area contributed by atoms with Crippen LogP contribution in [0.2, 0.25) is 0 Å². The van der Waals surface area contributed by atoms with E-state index in [0.29, 0.717) is 27.6 Å². The zero-order chi connectivity index (χ0) is 21.5. The summed E-state index contributed by atoms with van der Waals surface area (Å²) in [6.07, 6.45) is -0.807. The van der Waals surface area contributed by atoms with Crippen molar-refractivity contribution in [3.05, 3.63) is 65.5 Å². The molecule has 1 atom stereocenters. The van der Waals surface area contributed by atoms with E-state index in [1.165, 1.54) is 18.4 Å². The summed E-state index contributed by atoms with van der Waals surface area (Å²) in [4.78, 5) is 25.4. The van der Waals surface area contributed by atoms with Gasteiger partial charge in [-0.15, -0.1) is 11.3 Å². The first-order valence-electron chi connectivity index (χ1n) is 9.49. The van der Waals surface area contributed by atoms with Gasteiger partial charge in [-0.3, -0.25) is 4.79 Å². The van der Waals surface area contributed by atoms with Crippen LogP contribution in [0.15, 0.2) is 60.0 Å². The number of ether oxygens (including phenoxy) is 3. The molecule has 0 bridgehead atoms. The van der Waals surface area contributed by atoms with Crippen molar-refractivity contribution in [1.29, 1.82) is 0 Å². The molecule has 0 aliphatic carbocycles. The van der Waals surface area contributed by atoms with Gasteiger partial charge in [-0.25, -0.2) is 4.79 Å². The van der Waals surface area contributed by atoms with Gasteiger partial charge in [0, 0.05) is 10.9 Å². The van der Waals surface area contributed by atoms with Gasteiger partial charge in [0.25, 0.3) is 5.91 Å². The maximum Gasteiger partial charge on any atom is 0.341 e. The van der Waals surface area contributed by atoms with Gasteiger partial charge in [-0.05, 0) is 31.5 Å². The Labute approximate surface area is 179 Å². The van der Waals surface area contributed by atoms with Crippen LogP contribution in [0.4, 0.5) is 5.00 Å². The number of hydrogen-bond donors (Lipinski definition) is 1. The van der Waals surface area contributed by atoms with Gasteiger partial charge >= 0.3 is 5.97 Å². The van der Waals surface area contributed by atoms with E-state index < -0.39 is 12.1 Å². The minimum absolute atomic E-state index is 0.240. The Morgan fingerprint density at radius 1 is 1.03 bits per heavy atom. The number of amides is 1. The summed E-state index contributed by atoms with van der Waals surface area (Å²) in [5, 5.41) is 5.07. The second kappa shape index (κ2) is 9.93. The Morgan fingerprint density at radius 3 is 2.37 bits per heavy atom. The highest BCUT2D eigenvalue weighted by Gasteiger charge is 2.25. The van der Waals surface area contributed by atoms with E-state index in [2.05, 4.69) is 5.32 Å². The number of methoxy groups -OCH3 is 1. The molecule has 0 radical (unpaired) electrons. The van der Waals surface area contributed by atoms with Gasteiger partial charge < -0.3 is 19.5 Å². The molecule has 3 rings (SSSR count). The van der Waals surface area contributed by atoms with Crippen molar-refractivity contribution in [3.8, 4) is 22.6 Å². The number of thiophene rings is 1. The van der Waals surface area contributed by atoms with Gasteiger partial charge in [0.15, 0.2) is 17.6 Å². The summed E-state index contributed by atoms with van der Waals surface area (Å²) in [6, 6.07) is 16.6. The maximum absolute atomic E-state index is 12.8. The van der Waals surface area contributed by atoms with Crippen LogP contribution in [0.5, 0.6) is 11.5 Å². The molecule has 2 aromatic carbocycles. The van der Waals surface area contributed by atoms with Gasteiger partial charge in [-0.1, -0.05) is 42.5 Å². The van der Waals surface area contributed by atoms with E-state index in [9.17, 15) is 9.59 Å². The molecule has 0 saturated carbocycles. The van der Waals surface area contributed by atoms with Crippen LogP contribution >= 0.6 is 11.3 Å². The molecule has 156 valence electrons. The van der Waals surface area contributed by atoms with Crippen molar-refractivity contribution in [2.24, 2.45) is 0 Å². The number of nitrogens with one attached hydrogen (secondary N) is 1. The number of carbonyl (C=O) groups is 2. The molecule has 1 amide bonds. The zero-order valence-corrected chi connectivity index (χ0v) is 17.8. The average Bonchev–Trinajstić information content (AvgIpc) is 3.18. The van der Waals surface area contributed by atoms with E-state index in [-0.39, 0.29) is 12.5 Å². The summed E-state index contributed by atoms with van der Waals surface area (Å²) in [7, 11) is 1.54. The Balaban J connectivity index is 1.84. The average molecular weight is 426 g/mol. The minimum atomic E-state index is -0.807. The lowest BCUT2D eigenvalue weighted by Crippen LogP contribution is -2.30. The molecule has 30 heavy (non-hydrogen) atoms. The van der Waals surface area contributed by atoms with E-state index in [1.54, 1.807) is 32.0 Å². The first-order chi connectivity index (χ1) is 14.5. The normalized spacial score (nSPS) is 11.4. The van der Waals surface area contributed by atoms with Crippen LogP contribution in [0.25, 0.3) is 11.1 Å². The third-order valence-corrected chi connectivity index (χ3v) is 5.23. The predicted molar refractivity (Wildman–Crippen MR) is 117 cm³/mol. The van der Waals surface area contributed by atoms with Crippen molar-refractivity contribution in [2.75, 3.05) is 19.0 Å². The number of rotatable bonds is 8. The lowest BCUT2D eigenvalue weighted by Gasteiger charge is -2.16. The molecule has 0 aliphatic rings. The molecule has 0 fully saturated rings. The molecule has 0 aliphatic heterocycles. The van der Waals surface area contributed by atoms with E-state index in [1.807, 2.05) is 41.8 Å². The number of benzene rings is 2. The lowest BCUT2D eigenvalue weighted by molar-refractivity contribution is -0.122. The van der Waals surface area contributed by atoms with Crippen molar-refractivity contribution in [1.82, 2.24) is 0 Å². The van der Waals surface area contributed by atoms with Gasteiger partial charge in [-0.2, -0.15) is 0 Å². The van der Waals surface area contributed by atoms with E-state index >= 15 is 0 Å². The summed E-state index contributed by atoms with van der Waals surface area (Å²) >= 11 is 1.27. The second-order valence-corrected chi connectivity index (χ2v) is 7.22. The molecule has 0 saturated heterocycles. The summed E-state index contributed by atoms with van der Waals surface area (Å²) < 4.78 is 16.2. The molecule has 0 spiro atoms. The fraction of sp³-hybridized carbons (Fsp3) is 0.217. The third kappa shape index (κ3) is 4.80. The predicted octanol–water partition coefficient (Wildman–Crippen LogP) is 5.01. The molecule has 1 unspecified atom stereocenters. The second-order valence-electron chi connectivity index (χ2n) is 6.34. The Hall–Kier alpha value is -3.32. The molecular formula is C23H23NO5S. The number of carbonyl (C=O) groups excluding carboxylic acids is 2. The van der Waals surface area contributed by atoms with Gasteiger partial charge in [0.05, 0.1) is 13.7 Å². The molecule has 1 aromatic heterocycles. The molecular weight excluding hydrogens is 402 g/mol. The maximum atomic E-state index is 12.8. The van der Waals surface area contributed by atoms with Crippen molar-refractivity contribution >= 4 is 28.2 Å². The van der Waals surface area contributed by atoms with Crippen LogP contribution < -0.4 is 14.8 Å². The molecule has 1 heterocycles. The number of esters is 1. The number of anilines is 1. The van der Waals surface area contributed by atoms with Crippen LogP contribution in [0.3, 0.4) is 0 Å². The third-order valence-electron chi connectivity index (χ3n) is 4.33. The number of para-hydroxylation sites is 2. The first-order valence-corrected chi connectivity index (χ1v) is 10.4. The van der Waals surface area contributed by atoms with Crippen LogP contribution in [-0.4, -0.2) is 31.7 Å². The SMILES string of the molecule is CCOC(=O)c1c(-c2ccccc2)csc1NC(=O)C(C)Oc1ccccc1OC. The largest absolute Gasteiger partial charge is 0.493 e. The van der Waals surface area contributed by atoms with Gasteiger partial charge in [0.2, 0.25) is 0 Å². The monoisotopic (exact) mass is 425 g/mol. The highest BCUT2D eigenvalue weighted by molar-refractivity contribution is 7.15. The minimum Gasteiger partial charge on any atom is -0.493 e. The highest BCUT2D eigenvalue weighted by Crippen LogP contribution is 2.36. The fourth-order valence-electron chi connectivity index (χ4n) is 2.86. The van der Waals surface area contributed by atoms with Crippen molar-refractivity contribution in [3.63, 3.8) is 0 Å². The molecule has 7 heteroatoms. The Morgan fingerprint density at radius 2 is 1.70 bits per heavy atom. The van der Waals surface area contributed by atoms with Crippen molar-refractivity contribution < 1.29 is 23.8 Å². The molecule has 6 nitrogen and oxygen atoms in total. The van der Waals surface area contributed by atoms with Crippen LogP contribution in [0.1, 0.15) is 24.2 Å². The Kier molecular flexibility index (Phi) is 7.08. The smallest absolute Gasteiger partial charge is 0.341 e. The lowest BCUT2D eigenvalue weighted by atomic mass is 10.0. The van der Waals surface area contributed by atoms with E-state index in [0.717, 1.165) is 5.56 Å².